The zero-order chi connectivity index (χ0) is 19.1. The zero-order valence-corrected chi connectivity index (χ0v) is 15.0. The highest BCUT2D eigenvalue weighted by Crippen LogP contribution is 2.36. The number of benzene rings is 1. The van der Waals surface area contributed by atoms with E-state index in [0.717, 1.165) is 30.7 Å². The second kappa shape index (κ2) is 6.61. The van der Waals surface area contributed by atoms with Gasteiger partial charge in [-0.2, -0.15) is 10.2 Å². The van der Waals surface area contributed by atoms with Gasteiger partial charge in [-0.15, -0.1) is 0 Å². The molecule has 1 amide bonds. The maximum Gasteiger partial charge on any atom is 0.277 e. The Morgan fingerprint density at radius 1 is 1.19 bits per heavy atom. The number of carbonyl (C=O) groups is 1. The molecule has 140 valence electrons. The van der Waals surface area contributed by atoms with Crippen molar-refractivity contribution in [2.45, 2.75) is 32.1 Å². The second-order valence-electron chi connectivity index (χ2n) is 6.84. The number of anilines is 1. The van der Waals surface area contributed by atoms with Crippen LogP contribution in [-0.4, -0.2) is 25.5 Å². The van der Waals surface area contributed by atoms with Crippen LogP contribution in [0.2, 0.25) is 0 Å². The average molecular weight is 371 g/mol. The van der Waals surface area contributed by atoms with Crippen LogP contribution in [0.25, 0.3) is 5.69 Å². The van der Waals surface area contributed by atoms with Crippen LogP contribution >= 0.6 is 0 Å². The van der Waals surface area contributed by atoms with Crippen molar-refractivity contribution >= 4 is 11.7 Å². The van der Waals surface area contributed by atoms with Crippen LogP contribution < -0.4 is 5.32 Å². The molecule has 6 nitrogen and oxygen atoms in total. The molecule has 2 heterocycles. The number of halogens is 2. The summed E-state index contributed by atoms with van der Waals surface area (Å²) in [4.78, 5) is 12.6. The highest BCUT2D eigenvalue weighted by atomic mass is 19.1. The van der Waals surface area contributed by atoms with Crippen LogP contribution in [0.5, 0.6) is 0 Å². The normalized spacial score (nSPS) is 14.2. The number of aryl methyl sites for hydroxylation is 2. The van der Waals surface area contributed by atoms with Crippen molar-refractivity contribution in [3.05, 3.63) is 59.0 Å². The van der Waals surface area contributed by atoms with E-state index in [0.29, 0.717) is 17.4 Å². The third-order valence-electron chi connectivity index (χ3n) is 4.92. The van der Waals surface area contributed by atoms with Crippen LogP contribution in [-0.2, 0) is 7.05 Å². The first kappa shape index (κ1) is 17.4. The summed E-state index contributed by atoms with van der Waals surface area (Å²) in [5.74, 6) is -0.781. The van der Waals surface area contributed by atoms with Crippen molar-refractivity contribution in [1.29, 1.82) is 0 Å². The summed E-state index contributed by atoms with van der Waals surface area (Å²) in [6.07, 6.45) is 3.45. The Balaban J connectivity index is 1.57. The first-order valence-electron chi connectivity index (χ1n) is 8.80. The Bertz CT molecular complexity index is 1020. The number of rotatable bonds is 4. The standard InChI is InChI=1S/C19H19F2N5O/c1-11-8-16(24-26(11)17-7-6-13(20)9-14(17)21)19(27)22-18-10-15(23-25(18)2)12-4-3-5-12/h6-10,12H,3-5H2,1-2H3,(H,22,27). The molecular formula is C19H19F2N5O. The van der Waals surface area contributed by atoms with E-state index in [1.54, 1.807) is 24.7 Å². The van der Waals surface area contributed by atoms with Gasteiger partial charge in [0, 0.05) is 30.8 Å². The van der Waals surface area contributed by atoms with Crippen LogP contribution in [0.4, 0.5) is 14.6 Å². The number of nitrogens with one attached hydrogen (secondary N) is 1. The molecule has 0 atom stereocenters. The van der Waals surface area contributed by atoms with Crippen molar-refractivity contribution in [3.63, 3.8) is 0 Å². The van der Waals surface area contributed by atoms with E-state index in [1.807, 2.05) is 6.07 Å². The fraction of sp³-hybridized carbons (Fsp3) is 0.316. The molecule has 1 fully saturated rings. The predicted octanol–water partition coefficient (Wildman–Crippen LogP) is 3.71. The fourth-order valence-electron chi connectivity index (χ4n) is 3.17. The van der Waals surface area contributed by atoms with E-state index in [-0.39, 0.29) is 11.4 Å². The van der Waals surface area contributed by atoms with Gasteiger partial charge in [-0.1, -0.05) is 6.42 Å². The molecule has 1 saturated carbocycles. The molecule has 0 radical (unpaired) electrons. The summed E-state index contributed by atoms with van der Waals surface area (Å²) in [5.41, 5.74) is 1.77. The predicted molar refractivity (Wildman–Crippen MR) is 96.0 cm³/mol. The molecule has 1 N–H and O–H groups in total. The van der Waals surface area contributed by atoms with E-state index < -0.39 is 17.5 Å². The number of aromatic nitrogens is 4. The van der Waals surface area contributed by atoms with Crippen LogP contribution in [0, 0.1) is 18.6 Å². The summed E-state index contributed by atoms with van der Waals surface area (Å²) in [6.45, 7) is 1.70. The number of hydrogen-bond acceptors (Lipinski definition) is 3. The van der Waals surface area contributed by atoms with E-state index in [2.05, 4.69) is 15.5 Å². The first-order chi connectivity index (χ1) is 12.9. The lowest BCUT2D eigenvalue weighted by Gasteiger charge is -2.22. The zero-order valence-electron chi connectivity index (χ0n) is 15.0. The molecule has 1 aliphatic carbocycles. The minimum atomic E-state index is -0.745. The Morgan fingerprint density at radius 2 is 1.96 bits per heavy atom. The summed E-state index contributed by atoms with van der Waals surface area (Å²) < 4.78 is 30.1. The molecule has 0 spiro atoms. The second-order valence-corrected chi connectivity index (χ2v) is 6.84. The molecule has 1 aromatic carbocycles. The van der Waals surface area contributed by atoms with Crippen molar-refractivity contribution in [3.8, 4) is 5.69 Å². The smallest absolute Gasteiger partial charge is 0.277 e. The van der Waals surface area contributed by atoms with Crippen LogP contribution in [0.15, 0.2) is 30.3 Å². The van der Waals surface area contributed by atoms with Gasteiger partial charge in [0.2, 0.25) is 0 Å². The fourth-order valence-corrected chi connectivity index (χ4v) is 3.17. The average Bonchev–Trinajstić information content (AvgIpc) is 3.09. The van der Waals surface area contributed by atoms with Crippen molar-refractivity contribution < 1.29 is 13.6 Å². The molecule has 3 aromatic rings. The lowest BCUT2D eigenvalue weighted by molar-refractivity contribution is 0.102. The summed E-state index contributed by atoms with van der Waals surface area (Å²) in [6, 6.07) is 6.66. The molecule has 0 saturated heterocycles. The van der Waals surface area contributed by atoms with Crippen molar-refractivity contribution in [2.75, 3.05) is 5.32 Å². The number of carbonyl (C=O) groups excluding carboxylic acids is 1. The molecule has 27 heavy (non-hydrogen) atoms. The Morgan fingerprint density at radius 3 is 2.63 bits per heavy atom. The van der Waals surface area contributed by atoms with Gasteiger partial charge in [0.15, 0.2) is 11.5 Å². The largest absolute Gasteiger partial charge is 0.305 e. The Labute approximate surface area is 154 Å². The van der Waals surface area contributed by atoms with Gasteiger partial charge >= 0.3 is 0 Å². The molecule has 8 heteroatoms. The van der Waals surface area contributed by atoms with Crippen LogP contribution in [0.1, 0.15) is 47.1 Å². The molecular weight excluding hydrogens is 352 g/mol. The third kappa shape index (κ3) is 3.22. The molecule has 2 aromatic heterocycles. The van der Waals surface area contributed by atoms with Gasteiger partial charge in [0.05, 0.1) is 5.69 Å². The van der Waals surface area contributed by atoms with E-state index >= 15 is 0 Å². The lowest BCUT2D eigenvalue weighted by Crippen LogP contribution is -2.15. The van der Waals surface area contributed by atoms with E-state index in [1.165, 1.54) is 17.2 Å². The van der Waals surface area contributed by atoms with Crippen molar-refractivity contribution in [1.82, 2.24) is 19.6 Å². The SMILES string of the molecule is Cc1cc(C(=O)Nc2cc(C3CCC3)nn2C)nn1-c1ccc(F)cc1F. The summed E-state index contributed by atoms with van der Waals surface area (Å²) in [5, 5.41) is 11.4. The monoisotopic (exact) mass is 371 g/mol. The summed E-state index contributed by atoms with van der Waals surface area (Å²) in [7, 11) is 1.77. The lowest BCUT2D eigenvalue weighted by atomic mass is 9.83. The van der Waals surface area contributed by atoms with Gasteiger partial charge < -0.3 is 5.32 Å². The van der Waals surface area contributed by atoms with Crippen LogP contribution in [0.3, 0.4) is 0 Å². The van der Waals surface area contributed by atoms with Gasteiger partial charge in [0.25, 0.3) is 5.91 Å². The van der Waals surface area contributed by atoms with Gasteiger partial charge in [-0.05, 0) is 38.0 Å². The quantitative estimate of drug-likeness (QED) is 0.760. The highest BCUT2D eigenvalue weighted by Gasteiger charge is 2.24. The number of hydrogen-bond donors (Lipinski definition) is 1. The highest BCUT2D eigenvalue weighted by molar-refractivity contribution is 6.02. The van der Waals surface area contributed by atoms with Gasteiger partial charge in [-0.3, -0.25) is 9.48 Å². The summed E-state index contributed by atoms with van der Waals surface area (Å²) >= 11 is 0. The molecule has 0 bridgehead atoms. The number of amides is 1. The molecule has 0 unspecified atom stereocenters. The maximum atomic E-state index is 14.0. The molecule has 4 rings (SSSR count). The number of nitrogens with zero attached hydrogens (tertiary/aromatic N) is 4. The van der Waals surface area contributed by atoms with Crippen molar-refractivity contribution in [2.24, 2.45) is 7.05 Å². The Kier molecular flexibility index (Phi) is 4.25. The Hall–Kier alpha value is -3.03. The minimum absolute atomic E-state index is 0.0840. The molecule has 1 aliphatic rings. The van der Waals surface area contributed by atoms with Gasteiger partial charge in [0.1, 0.15) is 17.3 Å². The van der Waals surface area contributed by atoms with E-state index in [9.17, 15) is 13.6 Å². The van der Waals surface area contributed by atoms with E-state index in [4.69, 9.17) is 0 Å². The first-order valence-corrected chi connectivity index (χ1v) is 8.80. The maximum absolute atomic E-state index is 14.0. The van der Waals surface area contributed by atoms with Gasteiger partial charge in [-0.25, -0.2) is 13.5 Å². The molecule has 0 aliphatic heterocycles. The third-order valence-corrected chi connectivity index (χ3v) is 4.92. The minimum Gasteiger partial charge on any atom is -0.305 e. The topological polar surface area (TPSA) is 64.7 Å².